The molecule has 3 fully saturated rings. The topological polar surface area (TPSA) is 55.4 Å². The van der Waals surface area contributed by atoms with E-state index in [2.05, 4.69) is 21.2 Å². The molecule has 1 aromatic carbocycles. The Morgan fingerprint density at radius 2 is 2.05 bits per heavy atom. The van der Waals surface area contributed by atoms with Crippen molar-refractivity contribution in [2.45, 2.75) is 31.2 Å². The van der Waals surface area contributed by atoms with Crippen molar-refractivity contribution >= 4 is 33.5 Å². The minimum atomic E-state index is -0.276. The van der Waals surface area contributed by atoms with Crippen LogP contribution in [0.5, 0.6) is 0 Å². The highest BCUT2D eigenvalue weighted by molar-refractivity contribution is 9.09. The number of anilines is 1. The van der Waals surface area contributed by atoms with Crippen LogP contribution in [0.2, 0.25) is 0 Å². The maximum Gasteiger partial charge on any atom is 0.310 e. The predicted octanol–water partition coefficient (Wildman–Crippen LogP) is 2.81. The highest BCUT2D eigenvalue weighted by Crippen LogP contribution is 2.60. The summed E-state index contributed by atoms with van der Waals surface area (Å²) in [7, 11) is 0. The molecule has 116 valence electrons. The van der Waals surface area contributed by atoms with Crippen LogP contribution in [0.4, 0.5) is 5.69 Å². The largest absolute Gasteiger partial charge is 0.461 e. The molecule has 5 heteroatoms. The molecule has 1 heterocycles. The summed E-state index contributed by atoms with van der Waals surface area (Å²) in [5.41, 5.74) is 3.13. The van der Waals surface area contributed by atoms with Gasteiger partial charge in [0.1, 0.15) is 6.10 Å². The number of aryl methyl sites for hydroxylation is 2. The number of fused-ring (bicyclic) bond motifs is 1. The van der Waals surface area contributed by atoms with Gasteiger partial charge < -0.3 is 10.1 Å². The summed E-state index contributed by atoms with van der Waals surface area (Å²) in [5.74, 6) is -0.379. The molecular formula is C17H18BrNO3. The molecule has 1 aromatic rings. The maximum atomic E-state index is 12.7. The van der Waals surface area contributed by atoms with E-state index in [0.717, 1.165) is 17.7 Å². The summed E-state index contributed by atoms with van der Waals surface area (Å²) >= 11 is 3.63. The number of carbonyl (C=O) groups is 2. The number of nitrogens with one attached hydrogen (secondary N) is 1. The smallest absolute Gasteiger partial charge is 0.310 e. The van der Waals surface area contributed by atoms with Crippen molar-refractivity contribution in [3.8, 4) is 0 Å². The number of benzene rings is 1. The Bertz CT molecular complexity index is 674. The van der Waals surface area contributed by atoms with Gasteiger partial charge in [0.15, 0.2) is 0 Å². The minimum absolute atomic E-state index is 0.0341. The van der Waals surface area contributed by atoms with E-state index in [1.54, 1.807) is 0 Å². The summed E-state index contributed by atoms with van der Waals surface area (Å²) in [6.07, 6.45) is 0.871. The highest BCUT2D eigenvalue weighted by Gasteiger charge is 2.67. The summed E-state index contributed by atoms with van der Waals surface area (Å²) in [6.45, 7) is 4.07. The summed E-state index contributed by atoms with van der Waals surface area (Å²) in [5, 5.41) is 2.99. The normalized spacial score (nSPS) is 38.2. The predicted molar refractivity (Wildman–Crippen MR) is 85.7 cm³/mol. The Kier molecular flexibility index (Phi) is 3.12. The van der Waals surface area contributed by atoms with Crippen molar-refractivity contribution in [2.24, 2.45) is 23.7 Å². The average Bonchev–Trinajstić information content (AvgIpc) is 3.07. The molecule has 2 bridgehead atoms. The molecule has 4 nitrogen and oxygen atoms in total. The molecule has 4 rings (SSSR count). The zero-order chi connectivity index (χ0) is 15.6. The number of rotatable bonds is 2. The van der Waals surface area contributed by atoms with Crippen molar-refractivity contribution in [3.63, 3.8) is 0 Å². The van der Waals surface area contributed by atoms with Gasteiger partial charge in [-0.25, -0.2) is 0 Å². The third kappa shape index (κ3) is 1.87. The quantitative estimate of drug-likeness (QED) is 0.649. The molecule has 0 spiro atoms. The fraction of sp³-hybridized carbons (Fsp3) is 0.529. The van der Waals surface area contributed by atoms with E-state index in [1.165, 1.54) is 5.56 Å². The van der Waals surface area contributed by atoms with Gasteiger partial charge in [0.05, 0.1) is 16.7 Å². The summed E-state index contributed by atoms with van der Waals surface area (Å²) in [4.78, 5) is 24.9. The molecule has 1 saturated heterocycles. The summed E-state index contributed by atoms with van der Waals surface area (Å²) < 4.78 is 5.45. The lowest BCUT2D eigenvalue weighted by molar-refractivity contribution is -0.145. The molecular weight excluding hydrogens is 346 g/mol. The number of hydrogen-bond donors (Lipinski definition) is 1. The van der Waals surface area contributed by atoms with Crippen LogP contribution in [0.3, 0.4) is 0 Å². The lowest BCUT2D eigenvalue weighted by Gasteiger charge is -2.27. The van der Waals surface area contributed by atoms with Crippen LogP contribution in [0.25, 0.3) is 0 Å². The number of hydrogen-bond acceptors (Lipinski definition) is 3. The Labute approximate surface area is 137 Å². The molecule has 1 amide bonds. The van der Waals surface area contributed by atoms with E-state index < -0.39 is 0 Å². The van der Waals surface area contributed by atoms with Gasteiger partial charge in [-0.2, -0.15) is 0 Å². The Morgan fingerprint density at radius 1 is 1.27 bits per heavy atom. The van der Waals surface area contributed by atoms with Gasteiger partial charge in [-0.1, -0.05) is 22.0 Å². The number of carbonyl (C=O) groups excluding carboxylic acids is 2. The second kappa shape index (κ2) is 4.82. The maximum absolute atomic E-state index is 12.7. The second-order valence-electron chi connectivity index (χ2n) is 6.75. The van der Waals surface area contributed by atoms with Crippen LogP contribution < -0.4 is 5.32 Å². The minimum Gasteiger partial charge on any atom is -0.461 e. The first kappa shape index (κ1) is 14.2. The van der Waals surface area contributed by atoms with Crippen LogP contribution >= 0.6 is 15.9 Å². The zero-order valence-corrected chi connectivity index (χ0v) is 14.1. The Morgan fingerprint density at radius 3 is 2.77 bits per heavy atom. The molecule has 0 radical (unpaired) electrons. The molecule has 22 heavy (non-hydrogen) atoms. The van der Waals surface area contributed by atoms with Crippen LogP contribution in [0, 0.1) is 37.5 Å². The first-order chi connectivity index (χ1) is 10.5. The van der Waals surface area contributed by atoms with Gasteiger partial charge in [0.25, 0.3) is 0 Å². The van der Waals surface area contributed by atoms with E-state index in [9.17, 15) is 9.59 Å². The molecule has 6 atom stereocenters. The van der Waals surface area contributed by atoms with E-state index in [4.69, 9.17) is 4.74 Å². The second-order valence-corrected chi connectivity index (χ2v) is 7.81. The van der Waals surface area contributed by atoms with E-state index in [1.807, 2.05) is 32.0 Å². The lowest BCUT2D eigenvalue weighted by atomic mass is 9.79. The van der Waals surface area contributed by atoms with Crippen molar-refractivity contribution in [1.29, 1.82) is 0 Å². The van der Waals surface area contributed by atoms with Crippen molar-refractivity contribution < 1.29 is 14.3 Å². The van der Waals surface area contributed by atoms with Gasteiger partial charge in [-0.3, -0.25) is 9.59 Å². The molecule has 2 saturated carbocycles. The molecule has 0 aromatic heterocycles. The molecule has 3 aliphatic rings. The van der Waals surface area contributed by atoms with E-state index in [-0.39, 0.29) is 46.5 Å². The molecule has 1 aliphatic heterocycles. The number of esters is 1. The van der Waals surface area contributed by atoms with Gasteiger partial charge in [-0.15, -0.1) is 0 Å². The first-order valence-corrected chi connectivity index (χ1v) is 8.61. The zero-order valence-electron chi connectivity index (χ0n) is 12.5. The molecule has 1 N–H and O–H groups in total. The van der Waals surface area contributed by atoms with Crippen molar-refractivity contribution in [1.82, 2.24) is 0 Å². The van der Waals surface area contributed by atoms with Gasteiger partial charge in [-0.05, 0) is 49.4 Å². The Balaban J connectivity index is 1.58. The van der Waals surface area contributed by atoms with Crippen molar-refractivity contribution in [2.75, 3.05) is 5.32 Å². The van der Waals surface area contributed by atoms with Crippen LogP contribution in [-0.4, -0.2) is 22.8 Å². The lowest BCUT2D eigenvalue weighted by Crippen LogP contribution is -2.40. The van der Waals surface area contributed by atoms with Gasteiger partial charge in [0, 0.05) is 11.6 Å². The van der Waals surface area contributed by atoms with Gasteiger partial charge in [0.2, 0.25) is 5.91 Å². The monoisotopic (exact) mass is 363 g/mol. The standard InChI is InChI=1S/C17H18BrNO3/c1-7-3-4-9(5-8(7)2)19-16(20)12-10-6-11-13(12)17(21)22-15(11)14(10)18/h3-5,10-15H,6H2,1-2H3,(H,19,20)/t10-,11-,12+,13+,14-,15+/m1/s1. The number of halogens is 1. The van der Waals surface area contributed by atoms with Crippen LogP contribution in [0.1, 0.15) is 17.5 Å². The molecule has 2 aliphatic carbocycles. The number of alkyl halides is 1. The van der Waals surface area contributed by atoms with E-state index in [0.29, 0.717) is 0 Å². The average molecular weight is 364 g/mol. The fourth-order valence-corrected chi connectivity index (χ4v) is 5.42. The summed E-state index contributed by atoms with van der Waals surface area (Å²) in [6, 6.07) is 5.88. The number of ether oxygens (including phenoxy) is 1. The fourth-order valence-electron chi connectivity index (χ4n) is 4.38. The van der Waals surface area contributed by atoms with E-state index >= 15 is 0 Å². The number of amides is 1. The SMILES string of the molecule is Cc1ccc(NC(=O)[C@H]2[C@H]3C[C@H]4[C@H](OC(=O)[C@@H]42)[C@@H]3Br)cc1C. The van der Waals surface area contributed by atoms with Crippen LogP contribution in [0.15, 0.2) is 18.2 Å². The van der Waals surface area contributed by atoms with Crippen LogP contribution in [-0.2, 0) is 14.3 Å². The third-order valence-electron chi connectivity index (χ3n) is 5.60. The van der Waals surface area contributed by atoms with Crippen molar-refractivity contribution in [3.05, 3.63) is 29.3 Å². The Hall–Kier alpha value is -1.36. The first-order valence-electron chi connectivity index (χ1n) is 7.70. The third-order valence-corrected chi connectivity index (χ3v) is 6.80. The van der Waals surface area contributed by atoms with Gasteiger partial charge >= 0.3 is 5.97 Å². The highest BCUT2D eigenvalue weighted by atomic mass is 79.9. The molecule has 0 unspecified atom stereocenters.